The molecule has 1 heterocycles. The lowest BCUT2D eigenvalue weighted by Crippen LogP contribution is -2.09. The number of benzene rings is 2. The maximum absolute atomic E-state index is 10.7. The first-order chi connectivity index (χ1) is 12.9. The number of rotatable bonds is 6. The van der Waals surface area contributed by atoms with Crippen LogP contribution in [0.5, 0.6) is 5.75 Å². The van der Waals surface area contributed by atoms with Crippen molar-refractivity contribution in [3.63, 3.8) is 0 Å². The summed E-state index contributed by atoms with van der Waals surface area (Å²) < 4.78 is 7.00. The maximum atomic E-state index is 10.7. The number of nitrogens with zero attached hydrogens (tertiary/aromatic N) is 1. The molecule has 2 aromatic carbocycles. The summed E-state index contributed by atoms with van der Waals surface area (Å²) in [5, 5.41) is 9.92. The molecule has 0 atom stereocenters. The van der Waals surface area contributed by atoms with Crippen LogP contribution in [0.2, 0.25) is 0 Å². The normalized spacial score (nSPS) is 11.0. The molecule has 0 aliphatic carbocycles. The summed E-state index contributed by atoms with van der Waals surface area (Å²) in [5.74, 6) is -0.497. The van der Waals surface area contributed by atoms with Crippen molar-refractivity contribution >= 4 is 48.7 Å². The predicted molar refractivity (Wildman–Crippen MR) is 114 cm³/mol. The first-order valence-corrected chi connectivity index (χ1v) is 10.2. The standard InChI is InChI=1S/C21H19Br2NO3/c1-3-14-6-12(2)16-7-13(4-5-20(16)24-14)8-17-18(22)9-15(10-19(17)23)27-11-21(25)26/h4-7,9-10H,3,8,11H2,1-2H3,(H,25,26). The average Bonchev–Trinajstić information content (AvgIpc) is 2.63. The van der Waals surface area contributed by atoms with E-state index in [0.29, 0.717) is 5.75 Å². The Labute approximate surface area is 174 Å². The molecule has 1 N–H and O–H groups in total. The molecular weight excluding hydrogens is 474 g/mol. The second kappa shape index (κ2) is 8.40. The molecule has 0 fully saturated rings. The van der Waals surface area contributed by atoms with E-state index in [1.165, 1.54) is 16.5 Å². The zero-order valence-electron chi connectivity index (χ0n) is 15.1. The van der Waals surface area contributed by atoms with E-state index in [1.807, 2.05) is 0 Å². The SMILES string of the molecule is CCc1cc(C)c2cc(Cc3c(Br)cc(OCC(=O)O)cc3Br)ccc2n1. The zero-order valence-corrected chi connectivity index (χ0v) is 18.2. The third kappa shape index (κ3) is 4.68. The van der Waals surface area contributed by atoms with Crippen LogP contribution in [0.15, 0.2) is 45.3 Å². The van der Waals surface area contributed by atoms with E-state index in [1.54, 1.807) is 12.1 Å². The summed E-state index contributed by atoms with van der Waals surface area (Å²) in [7, 11) is 0. The number of pyridine rings is 1. The fourth-order valence-electron chi connectivity index (χ4n) is 2.98. The number of carbonyl (C=O) groups is 1. The van der Waals surface area contributed by atoms with Crippen LogP contribution in [0, 0.1) is 6.92 Å². The highest BCUT2D eigenvalue weighted by molar-refractivity contribution is 9.11. The van der Waals surface area contributed by atoms with Gasteiger partial charge in [-0.1, -0.05) is 44.8 Å². The minimum absolute atomic E-state index is 0.366. The number of hydrogen-bond acceptors (Lipinski definition) is 3. The molecule has 0 spiro atoms. The Balaban J connectivity index is 1.90. The van der Waals surface area contributed by atoms with E-state index >= 15 is 0 Å². The molecule has 0 bridgehead atoms. The summed E-state index contributed by atoms with van der Waals surface area (Å²) >= 11 is 7.15. The summed E-state index contributed by atoms with van der Waals surface area (Å²) in [6.07, 6.45) is 1.65. The minimum Gasteiger partial charge on any atom is -0.482 e. The van der Waals surface area contributed by atoms with Gasteiger partial charge < -0.3 is 9.84 Å². The molecule has 3 aromatic rings. The highest BCUT2D eigenvalue weighted by atomic mass is 79.9. The largest absolute Gasteiger partial charge is 0.482 e. The number of carboxylic acid groups (broad SMARTS) is 1. The Morgan fingerprint density at radius 3 is 2.48 bits per heavy atom. The Hall–Kier alpha value is -1.92. The summed E-state index contributed by atoms with van der Waals surface area (Å²) in [5.41, 5.74) is 5.61. The smallest absolute Gasteiger partial charge is 0.341 e. The molecule has 0 aliphatic rings. The number of ether oxygens (including phenoxy) is 1. The van der Waals surface area contributed by atoms with Crippen molar-refractivity contribution in [1.82, 2.24) is 4.98 Å². The van der Waals surface area contributed by atoms with Gasteiger partial charge in [0.05, 0.1) is 5.52 Å². The van der Waals surface area contributed by atoms with Gasteiger partial charge in [-0.25, -0.2) is 4.79 Å². The second-order valence-electron chi connectivity index (χ2n) is 6.36. The van der Waals surface area contributed by atoms with Crippen molar-refractivity contribution in [3.8, 4) is 5.75 Å². The molecule has 0 radical (unpaired) electrons. The average molecular weight is 493 g/mol. The number of hydrogen-bond donors (Lipinski definition) is 1. The molecular formula is C21H19Br2NO3. The van der Waals surface area contributed by atoms with Gasteiger partial charge in [0, 0.05) is 20.0 Å². The quantitative estimate of drug-likeness (QED) is 0.480. The molecule has 0 saturated carbocycles. The van der Waals surface area contributed by atoms with E-state index in [2.05, 4.69) is 70.0 Å². The second-order valence-corrected chi connectivity index (χ2v) is 8.07. The van der Waals surface area contributed by atoms with Crippen LogP contribution < -0.4 is 4.74 Å². The molecule has 0 aliphatic heterocycles. The fourth-order valence-corrected chi connectivity index (χ4v) is 4.41. The summed E-state index contributed by atoms with van der Waals surface area (Å²) in [6.45, 7) is 3.86. The Kier molecular flexibility index (Phi) is 6.17. The third-order valence-electron chi connectivity index (χ3n) is 4.35. The molecule has 140 valence electrons. The van der Waals surface area contributed by atoms with E-state index in [4.69, 9.17) is 14.8 Å². The van der Waals surface area contributed by atoms with Crippen LogP contribution in [-0.2, 0) is 17.6 Å². The molecule has 6 heteroatoms. The van der Waals surface area contributed by atoms with Crippen LogP contribution in [0.4, 0.5) is 0 Å². The van der Waals surface area contributed by atoms with Crippen LogP contribution >= 0.6 is 31.9 Å². The lowest BCUT2D eigenvalue weighted by Gasteiger charge is -2.12. The van der Waals surface area contributed by atoms with Crippen molar-refractivity contribution in [1.29, 1.82) is 0 Å². The van der Waals surface area contributed by atoms with Crippen molar-refractivity contribution in [3.05, 3.63) is 67.7 Å². The van der Waals surface area contributed by atoms with Crippen LogP contribution in [0.3, 0.4) is 0 Å². The summed E-state index contributed by atoms with van der Waals surface area (Å²) in [4.78, 5) is 15.4. The van der Waals surface area contributed by atoms with Gasteiger partial charge in [0.15, 0.2) is 6.61 Å². The maximum Gasteiger partial charge on any atom is 0.341 e. The van der Waals surface area contributed by atoms with Crippen molar-refractivity contribution in [2.75, 3.05) is 6.61 Å². The first kappa shape index (κ1) is 19.8. The highest BCUT2D eigenvalue weighted by Gasteiger charge is 2.11. The lowest BCUT2D eigenvalue weighted by molar-refractivity contribution is -0.139. The molecule has 0 amide bonds. The molecule has 0 saturated heterocycles. The van der Waals surface area contributed by atoms with E-state index in [9.17, 15) is 4.79 Å². The van der Waals surface area contributed by atoms with Crippen molar-refractivity contribution in [2.45, 2.75) is 26.7 Å². The van der Waals surface area contributed by atoms with E-state index < -0.39 is 5.97 Å². The number of aromatic nitrogens is 1. The first-order valence-electron chi connectivity index (χ1n) is 8.59. The number of aliphatic carboxylic acids is 1. The lowest BCUT2D eigenvalue weighted by atomic mass is 10.0. The number of aryl methyl sites for hydroxylation is 2. The Morgan fingerprint density at radius 1 is 1.15 bits per heavy atom. The Bertz CT molecular complexity index is 995. The number of fused-ring (bicyclic) bond motifs is 1. The monoisotopic (exact) mass is 491 g/mol. The Morgan fingerprint density at radius 2 is 1.85 bits per heavy atom. The number of halogens is 2. The van der Waals surface area contributed by atoms with Gasteiger partial charge in [-0.15, -0.1) is 0 Å². The van der Waals surface area contributed by atoms with Gasteiger partial charge in [-0.05, 0) is 66.8 Å². The van der Waals surface area contributed by atoms with Gasteiger partial charge in [-0.3, -0.25) is 4.98 Å². The van der Waals surface area contributed by atoms with Crippen molar-refractivity contribution < 1.29 is 14.6 Å². The van der Waals surface area contributed by atoms with E-state index in [-0.39, 0.29) is 6.61 Å². The predicted octanol–water partition coefficient (Wildman–Crippen LogP) is 5.68. The van der Waals surface area contributed by atoms with Crippen molar-refractivity contribution in [2.24, 2.45) is 0 Å². The van der Waals surface area contributed by atoms with Crippen LogP contribution in [-0.4, -0.2) is 22.7 Å². The molecule has 27 heavy (non-hydrogen) atoms. The van der Waals surface area contributed by atoms with Gasteiger partial charge >= 0.3 is 5.97 Å². The topological polar surface area (TPSA) is 59.4 Å². The molecule has 0 unspecified atom stereocenters. The van der Waals surface area contributed by atoms with Gasteiger partial charge in [0.1, 0.15) is 5.75 Å². The minimum atomic E-state index is -1.00. The van der Waals surface area contributed by atoms with Gasteiger partial charge in [-0.2, -0.15) is 0 Å². The molecule has 4 nitrogen and oxygen atoms in total. The summed E-state index contributed by atoms with van der Waals surface area (Å²) in [6, 6.07) is 12.1. The fraction of sp³-hybridized carbons (Fsp3) is 0.238. The molecule has 3 rings (SSSR count). The van der Waals surface area contributed by atoms with Crippen LogP contribution in [0.1, 0.15) is 29.3 Å². The highest BCUT2D eigenvalue weighted by Crippen LogP contribution is 2.33. The zero-order chi connectivity index (χ0) is 19.6. The molecule has 1 aromatic heterocycles. The van der Waals surface area contributed by atoms with Gasteiger partial charge in [0.2, 0.25) is 0 Å². The number of carboxylic acids is 1. The van der Waals surface area contributed by atoms with Crippen LogP contribution in [0.25, 0.3) is 10.9 Å². The van der Waals surface area contributed by atoms with E-state index in [0.717, 1.165) is 38.6 Å². The third-order valence-corrected chi connectivity index (χ3v) is 5.77. The van der Waals surface area contributed by atoms with Gasteiger partial charge in [0.25, 0.3) is 0 Å².